The number of thiazole rings is 1. The van der Waals surface area contributed by atoms with Gasteiger partial charge in [0.05, 0.1) is 16.6 Å². The number of hydrogen-bond donors (Lipinski definition) is 1. The Morgan fingerprint density at radius 3 is 2.38 bits per heavy atom. The first-order chi connectivity index (χ1) is 11.8. The molecule has 0 bridgehead atoms. The molecule has 26 heavy (non-hydrogen) atoms. The highest BCUT2D eigenvalue weighted by Crippen LogP contribution is 2.49. The molecule has 0 unspecified atom stereocenters. The smallest absolute Gasteiger partial charge is 0.374 e. The van der Waals surface area contributed by atoms with E-state index in [1.165, 1.54) is 4.90 Å². The molecule has 1 saturated heterocycles. The molecule has 1 aliphatic rings. The maximum absolute atomic E-state index is 13.8. The minimum Gasteiger partial charge on any atom is -0.374 e. The van der Waals surface area contributed by atoms with E-state index in [0.717, 1.165) is 11.3 Å². The summed E-state index contributed by atoms with van der Waals surface area (Å²) in [5.74, 6) is -0.728. The summed E-state index contributed by atoms with van der Waals surface area (Å²) in [6, 6.07) is 6.56. The van der Waals surface area contributed by atoms with Gasteiger partial charge in [0.25, 0.3) is 0 Å². The molecule has 0 saturated carbocycles. The lowest BCUT2D eigenvalue weighted by Crippen LogP contribution is -2.71. The Balaban J connectivity index is 1.95. The zero-order valence-corrected chi connectivity index (χ0v) is 15.8. The number of fused-ring (bicyclic) bond motifs is 1. The largest absolute Gasteiger partial charge is 0.424 e. The molecule has 0 radical (unpaired) electrons. The summed E-state index contributed by atoms with van der Waals surface area (Å²) in [6.07, 6.45) is -6.09. The molecule has 2 aromatic rings. The molecule has 1 atom stereocenters. The fourth-order valence-corrected chi connectivity index (χ4v) is 4.19. The van der Waals surface area contributed by atoms with Gasteiger partial charge in [-0.3, -0.25) is 4.79 Å². The molecule has 1 aliphatic heterocycles. The third-order valence-electron chi connectivity index (χ3n) is 5.71. The number of rotatable bonds is 3. The zero-order chi connectivity index (χ0) is 19.5. The van der Waals surface area contributed by atoms with Crippen LogP contribution in [-0.4, -0.2) is 39.2 Å². The van der Waals surface area contributed by atoms with Crippen molar-refractivity contribution in [2.45, 2.75) is 51.4 Å². The Labute approximate surface area is 153 Å². The maximum atomic E-state index is 13.8. The van der Waals surface area contributed by atoms with Crippen LogP contribution in [0.1, 0.15) is 39.1 Å². The first kappa shape index (κ1) is 19.1. The van der Waals surface area contributed by atoms with Gasteiger partial charge in [-0.2, -0.15) is 13.2 Å². The van der Waals surface area contributed by atoms with Crippen LogP contribution in [0.25, 0.3) is 10.2 Å². The third kappa shape index (κ3) is 2.70. The van der Waals surface area contributed by atoms with Gasteiger partial charge in [0, 0.05) is 17.5 Å². The van der Waals surface area contributed by atoms with E-state index in [1.54, 1.807) is 24.3 Å². The van der Waals surface area contributed by atoms with Crippen molar-refractivity contribution >= 4 is 27.5 Å². The second kappa shape index (κ2) is 5.66. The lowest BCUT2D eigenvalue weighted by Gasteiger charge is -2.61. The number of likely N-dealkylation sites (tertiary alicyclic amines) is 1. The van der Waals surface area contributed by atoms with Crippen molar-refractivity contribution in [2.24, 2.45) is 5.41 Å². The van der Waals surface area contributed by atoms with Gasteiger partial charge in [-0.1, -0.05) is 26.0 Å². The van der Waals surface area contributed by atoms with E-state index >= 15 is 0 Å². The second-order valence-electron chi connectivity index (χ2n) is 7.94. The summed E-state index contributed by atoms with van der Waals surface area (Å²) in [5, 5.41) is 10.0. The van der Waals surface area contributed by atoms with Crippen LogP contribution in [-0.2, 0) is 10.4 Å². The molecule has 1 aromatic heterocycles. The highest BCUT2D eigenvalue weighted by Gasteiger charge is 2.61. The number of hydrogen-bond acceptors (Lipinski definition) is 4. The summed E-state index contributed by atoms with van der Waals surface area (Å²) in [4.78, 5) is 18.0. The van der Waals surface area contributed by atoms with E-state index in [4.69, 9.17) is 0 Å². The predicted octanol–water partition coefficient (Wildman–Crippen LogP) is 4.08. The molecule has 0 spiro atoms. The Bertz CT molecular complexity index is 826. The minimum absolute atomic E-state index is 0.200. The minimum atomic E-state index is -5.01. The van der Waals surface area contributed by atoms with Crippen LogP contribution < -0.4 is 0 Å². The van der Waals surface area contributed by atoms with Crippen molar-refractivity contribution in [2.75, 3.05) is 6.54 Å². The number of aromatic nitrogens is 1. The topological polar surface area (TPSA) is 53.4 Å². The Hall–Kier alpha value is -1.67. The van der Waals surface area contributed by atoms with E-state index < -0.39 is 34.7 Å². The number of amides is 1. The summed E-state index contributed by atoms with van der Waals surface area (Å²) < 4.78 is 41.8. The molecular formula is C18H21F3N2O2S. The highest BCUT2D eigenvalue weighted by atomic mass is 32.1. The predicted molar refractivity (Wildman–Crippen MR) is 93.8 cm³/mol. The van der Waals surface area contributed by atoms with Gasteiger partial charge in [-0.05, 0) is 26.0 Å². The van der Waals surface area contributed by atoms with Crippen LogP contribution >= 0.6 is 11.3 Å². The maximum Gasteiger partial charge on any atom is 0.424 e. The van der Waals surface area contributed by atoms with Crippen LogP contribution in [0.15, 0.2) is 24.3 Å². The first-order valence-electron chi connectivity index (χ1n) is 8.25. The molecular weight excluding hydrogens is 365 g/mol. The lowest BCUT2D eigenvalue weighted by molar-refractivity contribution is -0.270. The van der Waals surface area contributed by atoms with Gasteiger partial charge in [-0.15, -0.1) is 11.3 Å². The molecule has 1 N–H and O–H groups in total. The molecule has 2 heterocycles. The molecule has 8 heteroatoms. The number of halogens is 3. The fourth-order valence-electron chi connectivity index (χ4n) is 3.12. The third-order valence-corrected chi connectivity index (χ3v) is 6.90. The van der Waals surface area contributed by atoms with Crippen LogP contribution in [0.4, 0.5) is 13.2 Å². The van der Waals surface area contributed by atoms with Crippen LogP contribution in [0.3, 0.4) is 0 Å². The lowest BCUT2D eigenvalue weighted by atomic mass is 9.65. The Kier molecular flexibility index (Phi) is 4.16. The molecule has 1 fully saturated rings. The Morgan fingerprint density at radius 1 is 1.27 bits per heavy atom. The van der Waals surface area contributed by atoms with Crippen LogP contribution in [0, 0.1) is 5.41 Å². The quantitative estimate of drug-likeness (QED) is 0.865. The zero-order valence-electron chi connectivity index (χ0n) is 15.0. The van der Waals surface area contributed by atoms with Gasteiger partial charge >= 0.3 is 6.18 Å². The van der Waals surface area contributed by atoms with E-state index in [2.05, 4.69) is 4.98 Å². The molecule has 1 aromatic carbocycles. The van der Waals surface area contributed by atoms with Gasteiger partial charge in [0.2, 0.25) is 11.5 Å². The van der Waals surface area contributed by atoms with E-state index in [1.807, 2.05) is 27.7 Å². The highest BCUT2D eigenvalue weighted by molar-refractivity contribution is 7.18. The van der Waals surface area contributed by atoms with E-state index in [-0.39, 0.29) is 5.41 Å². The number of alkyl halides is 3. The van der Waals surface area contributed by atoms with Crippen molar-refractivity contribution < 1.29 is 23.1 Å². The van der Waals surface area contributed by atoms with Crippen molar-refractivity contribution in [3.05, 3.63) is 29.3 Å². The molecule has 142 valence electrons. The van der Waals surface area contributed by atoms with Gasteiger partial charge in [0.15, 0.2) is 0 Å². The molecule has 3 rings (SSSR count). The van der Waals surface area contributed by atoms with Crippen molar-refractivity contribution in [1.82, 2.24) is 9.88 Å². The number of aliphatic hydroxyl groups is 1. The normalized spacial score (nSPS) is 21.3. The monoisotopic (exact) mass is 386 g/mol. The van der Waals surface area contributed by atoms with Gasteiger partial charge in [0.1, 0.15) is 5.01 Å². The second-order valence-corrected chi connectivity index (χ2v) is 8.97. The number of carbonyl (C=O) groups is 1. The molecule has 1 amide bonds. The number of para-hydroxylation sites is 1. The summed E-state index contributed by atoms with van der Waals surface area (Å²) in [5.41, 5.74) is -3.71. The fraction of sp³-hybridized carbons (Fsp3) is 0.556. The average Bonchev–Trinajstić information content (AvgIpc) is 2.95. The molecule has 4 nitrogen and oxygen atoms in total. The number of benzene rings is 1. The standard InChI is InChI=1S/C18H21F3N2O2S/c1-15(2)10-23(16(15,3)4)13(24)9-17(25,18(19,20)21)14-22-11-7-5-6-8-12(11)26-14/h5-8,25H,9-10H2,1-4H3/t17-/m1/s1. The van der Waals surface area contributed by atoms with Crippen molar-refractivity contribution in [1.29, 1.82) is 0 Å². The van der Waals surface area contributed by atoms with Crippen LogP contribution in [0.5, 0.6) is 0 Å². The average molecular weight is 386 g/mol. The first-order valence-corrected chi connectivity index (χ1v) is 9.07. The van der Waals surface area contributed by atoms with Crippen molar-refractivity contribution in [3.8, 4) is 0 Å². The number of carbonyl (C=O) groups excluding carboxylic acids is 1. The van der Waals surface area contributed by atoms with E-state index in [0.29, 0.717) is 16.8 Å². The SMILES string of the molecule is CC1(C)CN(C(=O)C[C@@](O)(c2nc3ccccc3s2)C(F)(F)F)C1(C)C. The van der Waals surface area contributed by atoms with E-state index in [9.17, 15) is 23.1 Å². The van der Waals surface area contributed by atoms with Gasteiger partial charge in [-0.25, -0.2) is 4.98 Å². The van der Waals surface area contributed by atoms with Crippen molar-refractivity contribution in [3.63, 3.8) is 0 Å². The Morgan fingerprint density at radius 2 is 1.88 bits per heavy atom. The summed E-state index contributed by atoms with van der Waals surface area (Å²) in [6.45, 7) is 7.91. The summed E-state index contributed by atoms with van der Waals surface area (Å²) in [7, 11) is 0. The van der Waals surface area contributed by atoms with Gasteiger partial charge < -0.3 is 10.0 Å². The molecule has 0 aliphatic carbocycles. The summed E-state index contributed by atoms with van der Waals surface area (Å²) >= 11 is 0.758. The van der Waals surface area contributed by atoms with Crippen LogP contribution in [0.2, 0.25) is 0 Å². The number of nitrogens with zero attached hydrogens (tertiary/aromatic N) is 2.